The molecule has 1 amide bonds. The largest absolute Gasteiger partial charge is 0.339 e. The van der Waals surface area contributed by atoms with Gasteiger partial charge in [0, 0.05) is 29.2 Å². The molecule has 0 fully saturated rings. The van der Waals surface area contributed by atoms with Gasteiger partial charge in [-0.05, 0) is 60.9 Å². The van der Waals surface area contributed by atoms with E-state index in [-0.39, 0.29) is 5.91 Å². The van der Waals surface area contributed by atoms with Gasteiger partial charge in [0.15, 0.2) is 0 Å². The van der Waals surface area contributed by atoms with E-state index in [0.29, 0.717) is 23.7 Å². The highest BCUT2D eigenvalue weighted by Gasteiger charge is 2.14. The van der Waals surface area contributed by atoms with E-state index in [1.165, 1.54) is 0 Å². The van der Waals surface area contributed by atoms with Gasteiger partial charge in [0.1, 0.15) is 0 Å². The smallest absolute Gasteiger partial charge is 0.255 e. The summed E-state index contributed by atoms with van der Waals surface area (Å²) in [6.07, 6.45) is 3.79. The van der Waals surface area contributed by atoms with Gasteiger partial charge >= 0.3 is 0 Å². The lowest BCUT2D eigenvalue weighted by Crippen LogP contribution is -2.13. The van der Waals surface area contributed by atoms with Crippen molar-refractivity contribution in [1.82, 2.24) is 15.1 Å². The van der Waals surface area contributed by atoms with E-state index >= 15 is 0 Å². The van der Waals surface area contributed by atoms with Crippen molar-refractivity contribution < 1.29 is 9.32 Å². The Hall–Kier alpha value is -3.80. The summed E-state index contributed by atoms with van der Waals surface area (Å²) < 4.78 is 5.40. The second kappa shape index (κ2) is 8.06. The van der Waals surface area contributed by atoms with Crippen molar-refractivity contribution in [1.29, 1.82) is 0 Å². The van der Waals surface area contributed by atoms with Crippen LogP contribution in [0, 0.1) is 13.8 Å². The van der Waals surface area contributed by atoms with Crippen LogP contribution in [0.4, 0.5) is 5.69 Å². The zero-order chi connectivity index (χ0) is 20.2. The molecule has 2 aromatic heterocycles. The zero-order valence-corrected chi connectivity index (χ0v) is 16.2. The van der Waals surface area contributed by atoms with E-state index in [9.17, 15) is 4.79 Å². The monoisotopic (exact) mass is 384 g/mol. The van der Waals surface area contributed by atoms with Gasteiger partial charge in [-0.15, -0.1) is 0 Å². The Balaban J connectivity index is 1.53. The molecule has 0 saturated heterocycles. The Labute approximate surface area is 168 Å². The molecule has 0 aliphatic carbocycles. The second-order valence-corrected chi connectivity index (χ2v) is 6.83. The summed E-state index contributed by atoms with van der Waals surface area (Å²) in [7, 11) is 0. The maximum Gasteiger partial charge on any atom is 0.255 e. The number of carbonyl (C=O) groups excluding carboxylic acids is 1. The molecule has 29 heavy (non-hydrogen) atoms. The fraction of sp³-hybridized carbons (Fsp3) is 0.130. The third-order valence-corrected chi connectivity index (χ3v) is 4.78. The molecule has 0 radical (unpaired) electrons. The number of rotatable bonds is 5. The first-order valence-corrected chi connectivity index (χ1v) is 9.29. The van der Waals surface area contributed by atoms with E-state index < -0.39 is 0 Å². The molecule has 0 spiro atoms. The van der Waals surface area contributed by atoms with Crippen molar-refractivity contribution >= 4 is 11.6 Å². The van der Waals surface area contributed by atoms with Crippen LogP contribution >= 0.6 is 0 Å². The molecule has 0 saturated carbocycles. The van der Waals surface area contributed by atoms with Gasteiger partial charge in [-0.2, -0.15) is 4.98 Å². The third kappa shape index (κ3) is 4.21. The highest BCUT2D eigenvalue weighted by molar-refractivity contribution is 6.04. The number of nitrogens with zero attached hydrogens (tertiary/aromatic N) is 3. The van der Waals surface area contributed by atoms with Gasteiger partial charge in [0.25, 0.3) is 5.91 Å². The van der Waals surface area contributed by atoms with Gasteiger partial charge in [-0.25, -0.2) is 0 Å². The number of hydrogen-bond donors (Lipinski definition) is 1. The summed E-state index contributed by atoms with van der Waals surface area (Å²) in [5.41, 5.74) is 5.32. The Bertz CT molecular complexity index is 1150. The predicted molar refractivity (Wildman–Crippen MR) is 111 cm³/mol. The van der Waals surface area contributed by atoms with Gasteiger partial charge in [0.05, 0.1) is 6.42 Å². The molecule has 1 N–H and O–H groups in total. The number of aryl methyl sites for hydroxylation is 2. The number of nitrogens with one attached hydrogen (secondary N) is 1. The topological polar surface area (TPSA) is 80.9 Å². The molecule has 0 aliphatic rings. The minimum atomic E-state index is -0.149. The number of amides is 1. The minimum absolute atomic E-state index is 0.149. The summed E-state index contributed by atoms with van der Waals surface area (Å²) in [6.45, 7) is 4.02. The standard InChI is InChI=1S/C23H20N4O2/c1-15-7-8-19(13-16(15)2)23(28)25-20-6-4-3-5-18(20)14-21-26-22(27-29-21)17-9-11-24-12-10-17/h3-13H,14H2,1-2H3,(H,25,28). The molecule has 2 heterocycles. The highest BCUT2D eigenvalue weighted by Crippen LogP contribution is 2.22. The average Bonchev–Trinajstić information content (AvgIpc) is 3.21. The van der Waals surface area contributed by atoms with Crippen molar-refractivity contribution in [2.75, 3.05) is 5.32 Å². The number of benzene rings is 2. The lowest BCUT2D eigenvalue weighted by Gasteiger charge is -2.11. The SMILES string of the molecule is Cc1ccc(C(=O)Nc2ccccc2Cc2nc(-c3ccncc3)no2)cc1C. The summed E-state index contributed by atoms with van der Waals surface area (Å²) in [5, 5.41) is 7.03. The number of carbonyl (C=O) groups is 1. The number of para-hydroxylation sites is 1. The molecule has 6 nitrogen and oxygen atoms in total. The molecule has 144 valence electrons. The van der Waals surface area contributed by atoms with Crippen LogP contribution in [0.25, 0.3) is 11.4 Å². The molecule has 0 bridgehead atoms. The van der Waals surface area contributed by atoms with E-state index in [0.717, 1.165) is 27.9 Å². The number of pyridine rings is 1. The van der Waals surface area contributed by atoms with Gasteiger partial charge in [-0.1, -0.05) is 29.4 Å². The molecule has 2 aromatic carbocycles. The van der Waals surface area contributed by atoms with Crippen molar-refractivity contribution in [2.24, 2.45) is 0 Å². The van der Waals surface area contributed by atoms with Crippen LogP contribution in [0.5, 0.6) is 0 Å². The minimum Gasteiger partial charge on any atom is -0.339 e. The van der Waals surface area contributed by atoms with Crippen LogP contribution in [0.3, 0.4) is 0 Å². The molecule has 4 rings (SSSR count). The van der Waals surface area contributed by atoms with Gasteiger partial charge in [-0.3, -0.25) is 9.78 Å². The van der Waals surface area contributed by atoms with Crippen LogP contribution in [-0.2, 0) is 6.42 Å². The molecule has 6 heteroatoms. The number of hydrogen-bond acceptors (Lipinski definition) is 5. The third-order valence-electron chi connectivity index (χ3n) is 4.78. The lowest BCUT2D eigenvalue weighted by molar-refractivity contribution is 0.102. The fourth-order valence-corrected chi connectivity index (χ4v) is 2.98. The first-order valence-electron chi connectivity index (χ1n) is 9.29. The molecular weight excluding hydrogens is 364 g/mol. The summed E-state index contributed by atoms with van der Waals surface area (Å²) in [4.78, 5) is 21.2. The first kappa shape index (κ1) is 18.6. The van der Waals surface area contributed by atoms with Crippen molar-refractivity contribution in [3.05, 3.63) is 95.1 Å². The highest BCUT2D eigenvalue weighted by atomic mass is 16.5. The quantitative estimate of drug-likeness (QED) is 0.544. The molecule has 0 unspecified atom stereocenters. The van der Waals surface area contributed by atoms with Crippen LogP contribution in [0.15, 0.2) is 71.5 Å². The number of anilines is 1. The van der Waals surface area contributed by atoms with Crippen LogP contribution in [-0.4, -0.2) is 21.0 Å². The molecule has 0 atom stereocenters. The Kier molecular flexibility index (Phi) is 5.16. The van der Waals surface area contributed by atoms with Crippen LogP contribution in [0.2, 0.25) is 0 Å². The predicted octanol–water partition coefficient (Wildman–Crippen LogP) is 4.59. The Morgan fingerprint density at radius 2 is 1.79 bits per heavy atom. The summed E-state index contributed by atoms with van der Waals surface area (Å²) >= 11 is 0. The number of aromatic nitrogens is 3. The first-order chi connectivity index (χ1) is 14.1. The average molecular weight is 384 g/mol. The summed E-state index contributed by atoms with van der Waals surface area (Å²) in [6, 6.07) is 16.9. The van der Waals surface area contributed by atoms with E-state index in [1.54, 1.807) is 12.4 Å². The normalized spacial score (nSPS) is 10.7. The molecule has 0 aliphatic heterocycles. The Morgan fingerprint density at radius 1 is 1.00 bits per heavy atom. The zero-order valence-electron chi connectivity index (χ0n) is 16.2. The molecule has 4 aromatic rings. The van der Waals surface area contributed by atoms with E-state index in [4.69, 9.17) is 4.52 Å². The lowest BCUT2D eigenvalue weighted by atomic mass is 10.1. The summed E-state index contributed by atoms with van der Waals surface area (Å²) in [5.74, 6) is 0.840. The van der Waals surface area contributed by atoms with E-state index in [1.807, 2.05) is 68.4 Å². The van der Waals surface area contributed by atoms with Crippen LogP contribution in [0.1, 0.15) is 32.9 Å². The van der Waals surface area contributed by atoms with Gasteiger partial charge < -0.3 is 9.84 Å². The maximum absolute atomic E-state index is 12.7. The maximum atomic E-state index is 12.7. The van der Waals surface area contributed by atoms with Crippen molar-refractivity contribution in [3.8, 4) is 11.4 Å². The van der Waals surface area contributed by atoms with Gasteiger partial charge in [0.2, 0.25) is 11.7 Å². The Morgan fingerprint density at radius 3 is 2.59 bits per heavy atom. The van der Waals surface area contributed by atoms with E-state index in [2.05, 4.69) is 20.4 Å². The van der Waals surface area contributed by atoms with Crippen molar-refractivity contribution in [3.63, 3.8) is 0 Å². The fourth-order valence-electron chi connectivity index (χ4n) is 2.98. The van der Waals surface area contributed by atoms with Crippen LogP contribution < -0.4 is 5.32 Å². The van der Waals surface area contributed by atoms with Crippen molar-refractivity contribution in [2.45, 2.75) is 20.3 Å². The molecular formula is C23H20N4O2. The second-order valence-electron chi connectivity index (χ2n) is 6.83.